The molecule has 1 aliphatic rings. The van der Waals surface area contributed by atoms with Crippen molar-refractivity contribution in [3.63, 3.8) is 0 Å². The zero-order chi connectivity index (χ0) is 20.0. The molecule has 0 bridgehead atoms. The number of amides is 1. The number of Topliss-reactive ketones (excluding diaryl/α,β-unsaturated/α-hetero) is 1. The number of aromatic nitrogens is 1. The van der Waals surface area contributed by atoms with Crippen molar-refractivity contribution >= 4 is 72.4 Å². The average Bonchev–Trinajstić information content (AvgIpc) is 2.98. The number of benzene rings is 1. The van der Waals surface area contributed by atoms with E-state index in [-0.39, 0.29) is 21.7 Å². The van der Waals surface area contributed by atoms with Crippen LogP contribution in [0.4, 0.5) is 0 Å². The number of H-pyrrole nitrogens is 1. The SMILES string of the molecule is O=C1c2ccccc2CCN1NS(=O)(=O)c1[nH]c(C(=O)C(Cl)(Cl)Cl)cc1Br. The van der Waals surface area contributed by atoms with Gasteiger partial charge in [-0.05, 0) is 40.0 Å². The highest BCUT2D eigenvalue weighted by atomic mass is 79.9. The number of nitrogens with one attached hydrogen (secondary N) is 2. The van der Waals surface area contributed by atoms with E-state index in [1.807, 2.05) is 12.1 Å². The molecule has 0 saturated carbocycles. The number of fused-ring (bicyclic) bond motifs is 1. The molecule has 2 N–H and O–H groups in total. The number of rotatable bonds is 4. The second-order valence-electron chi connectivity index (χ2n) is 5.65. The number of ketones is 1. The van der Waals surface area contributed by atoms with Gasteiger partial charge in [-0.1, -0.05) is 53.0 Å². The lowest BCUT2D eigenvalue weighted by Gasteiger charge is -2.28. The molecule has 3 rings (SSSR count). The van der Waals surface area contributed by atoms with Crippen molar-refractivity contribution in [2.45, 2.75) is 15.2 Å². The predicted molar refractivity (Wildman–Crippen MR) is 105 cm³/mol. The molecule has 0 unspecified atom stereocenters. The Morgan fingerprint density at radius 2 is 1.93 bits per heavy atom. The molecule has 27 heavy (non-hydrogen) atoms. The van der Waals surface area contributed by atoms with Crippen LogP contribution in [0.5, 0.6) is 0 Å². The summed E-state index contributed by atoms with van der Waals surface area (Å²) in [6.45, 7) is 0.160. The fourth-order valence-corrected chi connectivity index (χ4v) is 4.97. The summed E-state index contributed by atoms with van der Waals surface area (Å²) < 4.78 is 23.2. The van der Waals surface area contributed by atoms with Gasteiger partial charge in [-0.25, -0.2) is 8.42 Å². The highest BCUT2D eigenvalue weighted by molar-refractivity contribution is 9.10. The van der Waals surface area contributed by atoms with Crippen LogP contribution in [0, 0.1) is 0 Å². The van der Waals surface area contributed by atoms with Crippen molar-refractivity contribution in [3.8, 4) is 0 Å². The Bertz CT molecular complexity index is 1030. The molecule has 0 fully saturated rings. The largest absolute Gasteiger partial charge is 0.341 e. The van der Waals surface area contributed by atoms with Crippen LogP contribution in [0.15, 0.2) is 39.8 Å². The van der Waals surface area contributed by atoms with Gasteiger partial charge in [0.25, 0.3) is 19.7 Å². The number of sulfonamides is 1. The molecule has 0 radical (unpaired) electrons. The second kappa shape index (κ2) is 7.38. The Kier molecular flexibility index (Phi) is 5.64. The lowest BCUT2D eigenvalue weighted by Crippen LogP contribution is -2.49. The van der Waals surface area contributed by atoms with Crippen LogP contribution < -0.4 is 4.83 Å². The van der Waals surface area contributed by atoms with Crippen LogP contribution in [0.3, 0.4) is 0 Å². The summed E-state index contributed by atoms with van der Waals surface area (Å²) in [5.74, 6) is -1.39. The summed E-state index contributed by atoms with van der Waals surface area (Å²) in [6.07, 6.45) is 0.493. The first-order chi connectivity index (χ1) is 12.5. The van der Waals surface area contributed by atoms with Gasteiger partial charge >= 0.3 is 0 Å². The molecule has 0 atom stereocenters. The van der Waals surface area contributed by atoms with E-state index in [0.29, 0.717) is 12.0 Å². The maximum Gasteiger partial charge on any atom is 0.274 e. The van der Waals surface area contributed by atoms with Gasteiger partial charge in [0.2, 0.25) is 5.78 Å². The van der Waals surface area contributed by atoms with Crippen LogP contribution in [-0.4, -0.2) is 40.4 Å². The second-order valence-corrected chi connectivity index (χ2v) is 10.4. The zero-order valence-corrected chi connectivity index (χ0v) is 18.0. The third-order valence-electron chi connectivity index (χ3n) is 3.84. The first kappa shape index (κ1) is 20.6. The van der Waals surface area contributed by atoms with Gasteiger partial charge in [0.1, 0.15) is 0 Å². The Morgan fingerprint density at radius 1 is 1.26 bits per heavy atom. The number of hydrazine groups is 1. The maximum atomic E-state index is 12.7. The van der Waals surface area contributed by atoms with Gasteiger partial charge in [-0.15, -0.1) is 4.83 Å². The van der Waals surface area contributed by atoms with E-state index in [0.717, 1.165) is 10.6 Å². The van der Waals surface area contributed by atoms with Crippen LogP contribution in [0.1, 0.15) is 26.4 Å². The van der Waals surface area contributed by atoms with Crippen LogP contribution in [0.25, 0.3) is 0 Å². The molecule has 12 heteroatoms. The average molecular weight is 516 g/mol. The van der Waals surface area contributed by atoms with Crippen molar-refractivity contribution in [2.75, 3.05) is 6.54 Å². The Labute approximate surface area is 178 Å². The van der Waals surface area contributed by atoms with Gasteiger partial charge in [0.15, 0.2) is 5.03 Å². The normalized spacial score (nSPS) is 15.0. The third kappa shape index (κ3) is 4.18. The summed E-state index contributed by atoms with van der Waals surface area (Å²) in [7, 11) is -4.21. The van der Waals surface area contributed by atoms with E-state index in [9.17, 15) is 18.0 Å². The third-order valence-corrected chi connectivity index (χ3v) is 6.56. The number of hydrogen-bond donors (Lipinski definition) is 2. The van der Waals surface area contributed by atoms with Crippen LogP contribution in [0.2, 0.25) is 0 Å². The van der Waals surface area contributed by atoms with E-state index < -0.39 is 25.5 Å². The van der Waals surface area contributed by atoms with Gasteiger partial charge < -0.3 is 4.98 Å². The number of halogens is 4. The topological polar surface area (TPSA) is 99.3 Å². The molecule has 1 amide bonds. The highest BCUT2D eigenvalue weighted by Gasteiger charge is 2.35. The van der Waals surface area contributed by atoms with Crippen LogP contribution in [-0.2, 0) is 16.4 Å². The van der Waals surface area contributed by atoms with Crippen molar-refractivity contribution < 1.29 is 18.0 Å². The number of carbonyl (C=O) groups excluding carboxylic acids is 2. The summed E-state index contributed by atoms with van der Waals surface area (Å²) >= 11 is 19.7. The van der Waals surface area contributed by atoms with Crippen molar-refractivity contribution in [3.05, 3.63) is 51.6 Å². The minimum atomic E-state index is -4.21. The minimum Gasteiger partial charge on any atom is -0.341 e. The van der Waals surface area contributed by atoms with E-state index in [4.69, 9.17) is 34.8 Å². The Morgan fingerprint density at radius 3 is 2.59 bits per heavy atom. The minimum absolute atomic E-state index is 0.0532. The number of alkyl halides is 3. The summed E-state index contributed by atoms with van der Waals surface area (Å²) in [6, 6.07) is 8.14. The van der Waals surface area contributed by atoms with Crippen LogP contribution >= 0.6 is 50.7 Å². The quantitative estimate of drug-likeness (QED) is 0.483. The lowest BCUT2D eigenvalue weighted by molar-refractivity contribution is 0.0700. The molecular formula is C15H11BrCl3N3O4S. The summed E-state index contributed by atoms with van der Waals surface area (Å²) in [5.41, 5.74) is 1.05. The van der Waals surface area contributed by atoms with Crippen molar-refractivity contribution in [2.24, 2.45) is 0 Å². The molecule has 7 nitrogen and oxygen atoms in total. The van der Waals surface area contributed by atoms with E-state index in [1.165, 1.54) is 6.07 Å². The standard InChI is InChI=1S/C15H11BrCl3N3O4S/c16-10-7-11(12(23)15(17,18)19)20-13(10)27(25,26)21-22-6-5-8-3-1-2-4-9(8)14(22)24/h1-4,7,20-21H,5-6H2. The molecule has 2 heterocycles. The fraction of sp³-hybridized carbons (Fsp3) is 0.200. The molecule has 0 spiro atoms. The molecule has 0 saturated heterocycles. The number of hydrogen-bond acceptors (Lipinski definition) is 4. The molecule has 1 aliphatic heterocycles. The zero-order valence-electron chi connectivity index (χ0n) is 13.3. The van der Waals surface area contributed by atoms with Gasteiger partial charge in [0.05, 0.1) is 10.2 Å². The van der Waals surface area contributed by atoms with Crippen molar-refractivity contribution in [1.82, 2.24) is 14.8 Å². The first-order valence-electron chi connectivity index (χ1n) is 7.43. The van der Waals surface area contributed by atoms with E-state index >= 15 is 0 Å². The summed E-state index contributed by atoms with van der Waals surface area (Å²) in [4.78, 5) is 29.2. The fourth-order valence-electron chi connectivity index (χ4n) is 2.58. The van der Waals surface area contributed by atoms with E-state index in [2.05, 4.69) is 25.7 Å². The molecule has 1 aromatic heterocycles. The number of nitrogens with zero attached hydrogens (tertiary/aromatic N) is 1. The summed E-state index contributed by atoms with van der Waals surface area (Å²) in [5, 5.41) is 0.633. The van der Waals surface area contributed by atoms with E-state index in [1.54, 1.807) is 12.1 Å². The highest BCUT2D eigenvalue weighted by Crippen LogP contribution is 2.32. The molecule has 1 aromatic carbocycles. The monoisotopic (exact) mass is 513 g/mol. The van der Waals surface area contributed by atoms with Gasteiger partial charge in [-0.3, -0.25) is 14.6 Å². The maximum absolute atomic E-state index is 12.7. The smallest absolute Gasteiger partial charge is 0.274 e. The molecular weight excluding hydrogens is 505 g/mol. The lowest BCUT2D eigenvalue weighted by atomic mass is 10.0. The molecule has 144 valence electrons. The predicted octanol–water partition coefficient (Wildman–Crippen LogP) is 3.22. The van der Waals surface area contributed by atoms with Crippen molar-refractivity contribution in [1.29, 1.82) is 0 Å². The molecule has 0 aliphatic carbocycles. The van der Waals surface area contributed by atoms with Gasteiger partial charge in [-0.2, -0.15) is 0 Å². The Balaban J connectivity index is 1.87. The number of aromatic amines is 1. The Hall–Kier alpha value is -1.10. The molecule has 2 aromatic rings. The first-order valence-corrected chi connectivity index (χ1v) is 10.8. The number of carbonyl (C=O) groups is 2. The van der Waals surface area contributed by atoms with Gasteiger partial charge in [0, 0.05) is 12.1 Å².